The standard InChI is InChI=1S/C15H13BrN2OS/c1-19-12-4-2-3-10(7-12)9-17-15-18-13-8-11(16)5-6-14(13)20-15/h2-8H,9H2,1H3,(H,17,18). The molecule has 0 spiro atoms. The summed E-state index contributed by atoms with van der Waals surface area (Å²) in [5, 5.41) is 4.29. The van der Waals surface area contributed by atoms with Crippen LogP contribution in [-0.2, 0) is 6.54 Å². The van der Waals surface area contributed by atoms with Crippen molar-refractivity contribution in [3.8, 4) is 5.75 Å². The molecule has 0 saturated heterocycles. The third kappa shape index (κ3) is 2.94. The molecule has 102 valence electrons. The molecule has 0 atom stereocenters. The molecule has 1 aromatic heterocycles. The lowest BCUT2D eigenvalue weighted by atomic mass is 10.2. The number of halogens is 1. The number of hydrogen-bond donors (Lipinski definition) is 1. The molecule has 0 fully saturated rings. The summed E-state index contributed by atoms with van der Waals surface area (Å²) in [4.78, 5) is 4.58. The van der Waals surface area contributed by atoms with Gasteiger partial charge in [0, 0.05) is 11.0 Å². The zero-order chi connectivity index (χ0) is 13.9. The van der Waals surface area contributed by atoms with E-state index in [1.165, 1.54) is 10.3 Å². The van der Waals surface area contributed by atoms with Crippen LogP contribution in [-0.4, -0.2) is 12.1 Å². The van der Waals surface area contributed by atoms with Gasteiger partial charge in [0.05, 0.1) is 17.3 Å². The van der Waals surface area contributed by atoms with Crippen molar-refractivity contribution in [2.24, 2.45) is 0 Å². The van der Waals surface area contributed by atoms with Gasteiger partial charge in [-0.1, -0.05) is 39.4 Å². The molecule has 20 heavy (non-hydrogen) atoms. The first-order valence-electron chi connectivity index (χ1n) is 6.17. The van der Waals surface area contributed by atoms with Crippen LogP contribution >= 0.6 is 27.3 Å². The number of thiazole rings is 1. The van der Waals surface area contributed by atoms with Crippen LogP contribution in [0.2, 0.25) is 0 Å². The van der Waals surface area contributed by atoms with E-state index >= 15 is 0 Å². The van der Waals surface area contributed by atoms with Crippen molar-refractivity contribution in [3.63, 3.8) is 0 Å². The number of benzene rings is 2. The Morgan fingerprint density at radius 2 is 2.15 bits per heavy atom. The molecular formula is C15H13BrN2OS. The predicted octanol–water partition coefficient (Wildman–Crippen LogP) is 4.68. The highest BCUT2D eigenvalue weighted by Crippen LogP contribution is 2.28. The van der Waals surface area contributed by atoms with Gasteiger partial charge in [-0.3, -0.25) is 0 Å². The first-order chi connectivity index (χ1) is 9.74. The zero-order valence-corrected chi connectivity index (χ0v) is 13.3. The molecular weight excluding hydrogens is 336 g/mol. The molecule has 0 aliphatic rings. The number of fused-ring (bicyclic) bond motifs is 1. The van der Waals surface area contributed by atoms with Crippen LogP contribution in [0.25, 0.3) is 10.2 Å². The molecule has 3 rings (SSSR count). The predicted molar refractivity (Wildman–Crippen MR) is 87.6 cm³/mol. The largest absolute Gasteiger partial charge is 0.497 e. The van der Waals surface area contributed by atoms with Gasteiger partial charge in [0.25, 0.3) is 0 Å². The minimum absolute atomic E-state index is 0.734. The molecule has 0 saturated carbocycles. The number of methoxy groups -OCH3 is 1. The van der Waals surface area contributed by atoms with Crippen molar-refractivity contribution in [2.75, 3.05) is 12.4 Å². The smallest absolute Gasteiger partial charge is 0.184 e. The summed E-state index contributed by atoms with van der Waals surface area (Å²) < 4.78 is 7.45. The van der Waals surface area contributed by atoms with Crippen molar-refractivity contribution in [1.82, 2.24) is 4.98 Å². The summed E-state index contributed by atoms with van der Waals surface area (Å²) >= 11 is 5.12. The molecule has 0 bridgehead atoms. The average Bonchev–Trinajstić information content (AvgIpc) is 2.87. The Balaban J connectivity index is 1.76. The minimum Gasteiger partial charge on any atom is -0.497 e. The van der Waals surface area contributed by atoms with Crippen LogP contribution in [0.5, 0.6) is 5.75 Å². The Kier molecular flexibility index (Phi) is 3.89. The maximum absolute atomic E-state index is 5.22. The Bertz CT molecular complexity index is 742. The van der Waals surface area contributed by atoms with E-state index in [0.29, 0.717) is 0 Å². The van der Waals surface area contributed by atoms with Crippen LogP contribution in [0.3, 0.4) is 0 Å². The molecule has 0 aliphatic carbocycles. The van der Waals surface area contributed by atoms with Crippen LogP contribution in [0.15, 0.2) is 46.9 Å². The van der Waals surface area contributed by atoms with Gasteiger partial charge in [-0.05, 0) is 35.9 Å². The first-order valence-corrected chi connectivity index (χ1v) is 7.78. The van der Waals surface area contributed by atoms with Crippen molar-refractivity contribution in [3.05, 3.63) is 52.5 Å². The second kappa shape index (κ2) is 5.81. The third-order valence-electron chi connectivity index (χ3n) is 2.93. The van der Waals surface area contributed by atoms with E-state index in [-0.39, 0.29) is 0 Å². The highest BCUT2D eigenvalue weighted by molar-refractivity contribution is 9.10. The van der Waals surface area contributed by atoms with Crippen LogP contribution in [0.4, 0.5) is 5.13 Å². The minimum atomic E-state index is 0.734. The topological polar surface area (TPSA) is 34.1 Å². The number of anilines is 1. The fraction of sp³-hybridized carbons (Fsp3) is 0.133. The van der Waals surface area contributed by atoms with E-state index in [1.54, 1.807) is 18.4 Å². The molecule has 5 heteroatoms. The highest BCUT2D eigenvalue weighted by Gasteiger charge is 2.04. The second-order valence-corrected chi connectivity index (χ2v) is 6.28. The van der Waals surface area contributed by atoms with Gasteiger partial charge in [0.1, 0.15) is 5.75 Å². The summed E-state index contributed by atoms with van der Waals surface area (Å²) in [5.41, 5.74) is 2.18. The fourth-order valence-corrected chi connectivity index (χ4v) is 3.13. The number of rotatable bonds is 4. The van der Waals surface area contributed by atoms with Crippen LogP contribution in [0.1, 0.15) is 5.56 Å². The maximum Gasteiger partial charge on any atom is 0.184 e. The lowest BCUT2D eigenvalue weighted by Gasteiger charge is -2.05. The van der Waals surface area contributed by atoms with Gasteiger partial charge >= 0.3 is 0 Å². The van der Waals surface area contributed by atoms with E-state index in [0.717, 1.165) is 27.4 Å². The van der Waals surface area contributed by atoms with Crippen molar-refractivity contribution < 1.29 is 4.74 Å². The first kappa shape index (κ1) is 13.4. The van der Waals surface area contributed by atoms with E-state index in [1.807, 2.05) is 30.3 Å². The monoisotopic (exact) mass is 348 g/mol. The van der Waals surface area contributed by atoms with E-state index < -0.39 is 0 Å². The summed E-state index contributed by atoms with van der Waals surface area (Å²) in [7, 11) is 1.68. The fourth-order valence-electron chi connectivity index (χ4n) is 1.94. The number of hydrogen-bond acceptors (Lipinski definition) is 4. The Morgan fingerprint density at radius 1 is 1.25 bits per heavy atom. The average molecular weight is 349 g/mol. The maximum atomic E-state index is 5.22. The lowest BCUT2D eigenvalue weighted by Crippen LogP contribution is -1.98. The summed E-state index contributed by atoms with van der Waals surface area (Å²) in [6.45, 7) is 0.734. The number of nitrogens with zero attached hydrogens (tertiary/aromatic N) is 1. The SMILES string of the molecule is COc1cccc(CNc2nc3cc(Br)ccc3s2)c1. The number of ether oxygens (including phenoxy) is 1. The van der Waals surface area contributed by atoms with Gasteiger partial charge in [-0.15, -0.1) is 0 Å². The molecule has 0 amide bonds. The van der Waals surface area contributed by atoms with Crippen LogP contribution in [0, 0.1) is 0 Å². The molecule has 2 aromatic carbocycles. The van der Waals surface area contributed by atoms with Gasteiger partial charge < -0.3 is 10.1 Å². The summed E-state index contributed by atoms with van der Waals surface area (Å²) in [6.07, 6.45) is 0. The Morgan fingerprint density at radius 3 is 3.00 bits per heavy atom. The molecule has 3 aromatic rings. The van der Waals surface area contributed by atoms with Crippen molar-refractivity contribution >= 4 is 42.6 Å². The van der Waals surface area contributed by atoms with E-state index in [4.69, 9.17) is 4.74 Å². The molecule has 3 nitrogen and oxygen atoms in total. The highest BCUT2D eigenvalue weighted by atomic mass is 79.9. The Labute approximate surface area is 129 Å². The Hall–Kier alpha value is -1.59. The summed E-state index contributed by atoms with van der Waals surface area (Å²) in [6, 6.07) is 14.2. The lowest BCUT2D eigenvalue weighted by molar-refractivity contribution is 0.414. The van der Waals surface area contributed by atoms with Gasteiger partial charge in [0.2, 0.25) is 0 Å². The molecule has 0 aliphatic heterocycles. The van der Waals surface area contributed by atoms with Crippen molar-refractivity contribution in [1.29, 1.82) is 0 Å². The van der Waals surface area contributed by atoms with Gasteiger partial charge in [-0.25, -0.2) is 4.98 Å². The number of aromatic nitrogens is 1. The van der Waals surface area contributed by atoms with Crippen LogP contribution < -0.4 is 10.1 Å². The normalized spacial score (nSPS) is 10.7. The molecule has 1 heterocycles. The molecule has 0 radical (unpaired) electrons. The quantitative estimate of drug-likeness (QED) is 0.743. The molecule has 0 unspecified atom stereocenters. The molecule has 1 N–H and O–H groups in total. The second-order valence-electron chi connectivity index (χ2n) is 4.34. The van der Waals surface area contributed by atoms with E-state index in [2.05, 4.69) is 38.4 Å². The number of nitrogens with one attached hydrogen (secondary N) is 1. The zero-order valence-electron chi connectivity index (χ0n) is 10.9. The van der Waals surface area contributed by atoms with Crippen molar-refractivity contribution in [2.45, 2.75) is 6.54 Å². The third-order valence-corrected chi connectivity index (χ3v) is 4.41. The van der Waals surface area contributed by atoms with E-state index in [9.17, 15) is 0 Å². The summed E-state index contributed by atoms with van der Waals surface area (Å²) in [5.74, 6) is 0.873. The van der Waals surface area contributed by atoms with Gasteiger partial charge in [0.15, 0.2) is 5.13 Å². The van der Waals surface area contributed by atoms with Gasteiger partial charge in [-0.2, -0.15) is 0 Å².